The number of nitrogens with two attached hydrogens (primary N) is 1. The highest BCUT2D eigenvalue weighted by Crippen LogP contribution is 2.35. The van der Waals surface area contributed by atoms with E-state index in [1.54, 1.807) is 17.9 Å². The van der Waals surface area contributed by atoms with E-state index in [9.17, 15) is 4.79 Å². The topological polar surface area (TPSA) is 108 Å². The minimum atomic E-state index is -0.289. The average Bonchev–Trinajstić information content (AvgIpc) is 3.20. The molecule has 2 aromatic heterocycles. The van der Waals surface area contributed by atoms with Crippen LogP contribution in [0.2, 0.25) is 0 Å². The predicted octanol–water partition coefficient (Wildman–Crippen LogP) is 2.87. The molecule has 5 rings (SSSR count). The highest BCUT2D eigenvalue weighted by molar-refractivity contribution is 6.07. The molecule has 1 fully saturated rings. The molecule has 0 aliphatic carbocycles. The Hall–Kier alpha value is -3.56. The van der Waals surface area contributed by atoms with E-state index in [1.165, 1.54) is 0 Å². The summed E-state index contributed by atoms with van der Waals surface area (Å²) in [4.78, 5) is 18.3. The Bertz CT molecular complexity index is 1390. The number of pyridine rings is 1. The number of aryl methyl sites for hydroxylation is 1. The van der Waals surface area contributed by atoms with Gasteiger partial charge < -0.3 is 24.9 Å². The average molecular weight is 464 g/mol. The number of morpholine rings is 1. The molecule has 1 aliphatic rings. The van der Waals surface area contributed by atoms with E-state index in [4.69, 9.17) is 25.0 Å². The summed E-state index contributed by atoms with van der Waals surface area (Å²) in [5.74, 6) is 1.46. The summed E-state index contributed by atoms with van der Waals surface area (Å²) in [6, 6.07) is 11.4. The molecule has 1 aliphatic heterocycles. The molecule has 9 heteroatoms. The van der Waals surface area contributed by atoms with Gasteiger partial charge in [-0.3, -0.25) is 9.69 Å². The standard InChI is InChI=1S/C25H29N5O4/c1-16-6-3-4-7-19(16)30-24(26)22-23(28-30)17-14-20(32-2)21(15-18(17)27-25(22)31)34-11-5-8-29-9-12-33-13-10-29/h3-4,6-7,14-15H,5,8-13,26H2,1-2H3,(H,27,31). The largest absolute Gasteiger partial charge is 0.493 e. The molecule has 2 aromatic carbocycles. The van der Waals surface area contributed by atoms with Gasteiger partial charge in [-0.25, -0.2) is 4.68 Å². The molecule has 9 nitrogen and oxygen atoms in total. The van der Waals surface area contributed by atoms with E-state index in [2.05, 4.69) is 9.88 Å². The van der Waals surface area contributed by atoms with Gasteiger partial charge >= 0.3 is 0 Å². The lowest BCUT2D eigenvalue weighted by atomic mass is 10.1. The zero-order chi connectivity index (χ0) is 23.7. The van der Waals surface area contributed by atoms with Crippen LogP contribution in [0.15, 0.2) is 41.2 Å². The van der Waals surface area contributed by atoms with Crippen molar-refractivity contribution < 1.29 is 14.2 Å². The number of aromatic amines is 1. The predicted molar refractivity (Wildman–Crippen MR) is 132 cm³/mol. The molecular formula is C25H29N5O4. The molecule has 0 unspecified atom stereocenters. The first-order valence-corrected chi connectivity index (χ1v) is 11.5. The first-order valence-electron chi connectivity index (χ1n) is 11.5. The molecule has 0 radical (unpaired) electrons. The van der Waals surface area contributed by atoms with Crippen LogP contribution >= 0.6 is 0 Å². The van der Waals surface area contributed by atoms with Crippen molar-refractivity contribution >= 4 is 27.6 Å². The van der Waals surface area contributed by atoms with Crippen molar-refractivity contribution in [3.05, 3.63) is 52.3 Å². The number of aromatic nitrogens is 3. The summed E-state index contributed by atoms with van der Waals surface area (Å²) >= 11 is 0. The molecule has 3 N–H and O–H groups in total. The molecule has 34 heavy (non-hydrogen) atoms. The molecule has 0 atom stereocenters. The van der Waals surface area contributed by atoms with E-state index < -0.39 is 0 Å². The van der Waals surface area contributed by atoms with E-state index >= 15 is 0 Å². The third-order valence-corrected chi connectivity index (χ3v) is 6.28. The number of rotatable bonds is 7. The number of para-hydroxylation sites is 1. The second-order valence-corrected chi connectivity index (χ2v) is 8.47. The highest BCUT2D eigenvalue weighted by atomic mass is 16.5. The molecular weight excluding hydrogens is 434 g/mol. The number of benzene rings is 2. The number of methoxy groups -OCH3 is 1. The van der Waals surface area contributed by atoms with Crippen molar-refractivity contribution in [2.24, 2.45) is 0 Å². The maximum Gasteiger partial charge on any atom is 0.261 e. The fourth-order valence-electron chi connectivity index (χ4n) is 4.44. The van der Waals surface area contributed by atoms with E-state index in [0.717, 1.165) is 55.9 Å². The molecule has 0 amide bonds. The summed E-state index contributed by atoms with van der Waals surface area (Å²) in [5.41, 5.74) is 9.08. The Balaban J connectivity index is 1.48. The molecule has 3 heterocycles. The zero-order valence-corrected chi connectivity index (χ0v) is 19.5. The number of hydrogen-bond acceptors (Lipinski definition) is 7. The molecule has 0 bridgehead atoms. The number of nitrogens with zero attached hydrogens (tertiary/aromatic N) is 3. The van der Waals surface area contributed by atoms with Crippen LogP contribution in [-0.2, 0) is 4.74 Å². The first kappa shape index (κ1) is 22.2. The van der Waals surface area contributed by atoms with Gasteiger partial charge in [0, 0.05) is 31.1 Å². The third kappa shape index (κ3) is 4.08. The maximum absolute atomic E-state index is 13.0. The van der Waals surface area contributed by atoms with Crippen molar-refractivity contribution in [2.75, 3.05) is 52.3 Å². The van der Waals surface area contributed by atoms with Crippen LogP contribution in [0.1, 0.15) is 12.0 Å². The lowest BCUT2D eigenvalue weighted by Gasteiger charge is -2.26. The van der Waals surface area contributed by atoms with Crippen LogP contribution in [0.3, 0.4) is 0 Å². The van der Waals surface area contributed by atoms with Crippen molar-refractivity contribution in [3.8, 4) is 17.2 Å². The monoisotopic (exact) mass is 463 g/mol. The fourth-order valence-corrected chi connectivity index (χ4v) is 4.44. The number of anilines is 1. The van der Waals surface area contributed by atoms with Gasteiger partial charge in [-0.05, 0) is 31.0 Å². The van der Waals surface area contributed by atoms with Crippen molar-refractivity contribution in [2.45, 2.75) is 13.3 Å². The SMILES string of the molecule is COc1cc2c(cc1OCCCN1CCOCC1)[nH]c(=O)c1c(N)n(-c3ccccc3C)nc12. The van der Waals surface area contributed by atoms with Crippen molar-refractivity contribution in [1.29, 1.82) is 0 Å². The van der Waals surface area contributed by atoms with Crippen LogP contribution in [0, 0.1) is 6.92 Å². The number of H-pyrrole nitrogens is 1. The lowest BCUT2D eigenvalue weighted by Crippen LogP contribution is -2.37. The molecule has 0 spiro atoms. The summed E-state index contributed by atoms with van der Waals surface area (Å²) in [6.07, 6.45) is 0.883. The number of ether oxygens (including phenoxy) is 3. The van der Waals surface area contributed by atoms with Gasteiger partial charge in [0.05, 0.1) is 38.1 Å². The third-order valence-electron chi connectivity index (χ3n) is 6.28. The Kier molecular flexibility index (Phi) is 6.12. The molecule has 4 aromatic rings. The smallest absolute Gasteiger partial charge is 0.261 e. The van der Waals surface area contributed by atoms with Gasteiger partial charge in [-0.1, -0.05) is 18.2 Å². The number of nitrogens with one attached hydrogen (secondary N) is 1. The summed E-state index contributed by atoms with van der Waals surface area (Å²) in [6.45, 7) is 6.95. The first-order chi connectivity index (χ1) is 16.6. The van der Waals surface area contributed by atoms with Gasteiger partial charge in [0.25, 0.3) is 5.56 Å². The maximum atomic E-state index is 13.0. The van der Waals surface area contributed by atoms with Crippen LogP contribution in [-0.4, -0.2) is 66.2 Å². The van der Waals surface area contributed by atoms with E-state index in [1.807, 2.05) is 37.3 Å². The van der Waals surface area contributed by atoms with Gasteiger partial charge in [0.2, 0.25) is 0 Å². The highest BCUT2D eigenvalue weighted by Gasteiger charge is 2.19. The lowest BCUT2D eigenvalue weighted by molar-refractivity contribution is 0.0357. The fraction of sp³-hybridized carbons (Fsp3) is 0.360. The summed E-state index contributed by atoms with van der Waals surface area (Å²) in [5, 5.41) is 5.82. The minimum absolute atomic E-state index is 0.289. The van der Waals surface area contributed by atoms with Crippen molar-refractivity contribution in [3.63, 3.8) is 0 Å². The van der Waals surface area contributed by atoms with Crippen LogP contribution in [0.5, 0.6) is 11.5 Å². The van der Waals surface area contributed by atoms with Gasteiger partial charge in [-0.15, -0.1) is 0 Å². The van der Waals surface area contributed by atoms with E-state index in [-0.39, 0.29) is 5.56 Å². The second-order valence-electron chi connectivity index (χ2n) is 8.47. The Labute approximate surface area is 197 Å². The van der Waals surface area contributed by atoms with E-state index in [0.29, 0.717) is 40.3 Å². The minimum Gasteiger partial charge on any atom is -0.493 e. The Morgan fingerprint density at radius 3 is 2.74 bits per heavy atom. The molecule has 178 valence electrons. The quantitative estimate of drug-likeness (QED) is 0.406. The van der Waals surface area contributed by atoms with Crippen molar-refractivity contribution in [1.82, 2.24) is 19.7 Å². The van der Waals surface area contributed by atoms with Crippen LogP contribution in [0.4, 0.5) is 5.82 Å². The van der Waals surface area contributed by atoms with Gasteiger partial charge in [-0.2, -0.15) is 5.10 Å². The Morgan fingerprint density at radius 1 is 1.18 bits per heavy atom. The molecule has 1 saturated heterocycles. The molecule has 0 saturated carbocycles. The summed E-state index contributed by atoms with van der Waals surface area (Å²) in [7, 11) is 1.60. The van der Waals surface area contributed by atoms with Crippen LogP contribution < -0.4 is 20.8 Å². The number of hydrogen-bond donors (Lipinski definition) is 2. The van der Waals surface area contributed by atoms with Gasteiger partial charge in [0.1, 0.15) is 16.7 Å². The normalized spacial score (nSPS) is 14.6. The second kappa shape index (κ2) is 9.36. The Morgan fingerprint density at radius 2 is 1.97 bits per heavy atom. The number of nitrogen functional groups attached to an aromatic ring is 1. The number of fused-ring (bicyclic) bond motifs is 3. The van der Waals surface area contributed by atoms with Crippen LogP contribution in [0.25, 0.3) is 27.5 Å². The van der Waals surface area contributed by atoms with Gasteiger partial charge in [0.15, 0.2) is 11.5 Å². The zero-order valence-electron chi connectivity index (χ0n) is 19.5. The summed E-state index contributed by atoms with van der Waals surface area (Å²) < 4.78 is 18.7.